The Morgan fingerprint density at radius 2 is 2.06 bits per heavy atom. The molecule has 0 unspecified atom stereocenters. The summed E-state index contributed by atoms with van der Waals surface area (Å²) in [5, 5.41) is 8.87. The average molecular weight is 251 g/mol. The van der Waals surface area contributed by atoms with E-state index < -0.39 is 11.7 Å². The topological polar surface area (TPSA) is 20.2 Å². The van der Waals surface area contributed by atoms with Crippen molar-refractivity contribution in [2.45, 2.75) is 19.5 Å². The minimum Gasteiger partial charge on any atom is -0.512 e. The third-order valence-corrected chi connectivity index (χ3v) is 2.32. The standard InChI is InChI=1S/C11H10ClF3O/c1-2-8(16)5-7-3-4-10(12)9(6-7)11(13,14)15/h3-6,16H,2H2,1H3/b8-5-. The predicted octanol–water partition coefficient (Wildman–Crippen LogP) is 4.67. The lowest BCUT2D eigenvalue weighted by Gasteiger charge is -2.09. The number of aliphatic hydroxyl groups is 1. The molecule has 1 aromatic carbocycles. The van der Waals surface area contributed by atoms with Crippen molar-refractivity contribution in [3.05, 3.63) is 40.1 Å². The van der Waals surface area contributed by atoms with Crippen LogP contribution in [-0.2, 0) is 6.18 Å². The van der Waals surface area contributed by atoms with Gasteiger partial charge in [0, 0.05) is 6.42 Å². The number of alkyl halides is 3. The number of benzene rings is 1. The Labute approximate surface area is 96.2 Å². The smallest absolute Gasteiger partial charge is 0.417 e. The highest BCUT2D eigenvalue weighted by molar-refractivity contribution is 6.31. The molecule has 16 heavy (non-hydrogen) atoms. The van der Waals surface area contributed by atoms with Crippen molar-refractivity contribution in [3.8, 4) is 0 Å². The summed E-state index contributed by atoms with van der Waals surface area (Å²) in [6.45, 7) is 1.70. The summed E-state index contributed by atoms with van der Waals surface area (Å²) >= 11 is 5.45. The summed E-state index contributed by atoms with van der Waals surface area (Å²) in [4.78, 5) is 0. The van der Waals surface area contributed by atoms with Crippen molar-refractivity contribution in [2.75, 3.05) is 0 Å². The van der Waals surface area contributed by atoms with Gasteiger partial charge in [-0.1, -0.05) is 24.6 Å². The second-order valence-corrected chi connectivity index (χ2v) is 3.63. The molecule has 0 atom stereocenters. The van der Waals surface area contributed by atoms with Gasteiger partial charge in [0.1, 0.15) is 0 Å². The van der Waals surface area contributed by atoms with E-state index in [4.69, 9.17) is 11.6 Å². The van der Waals surface area contributed by atoms with Crippen LogP contribution in [0, 0.1) is 0 Å². The lowest BCUT2D eigenvalue weighted by Crippen LogP contribution is -2.06. The van der Waals surface area contributed by atoms with Crippen LogP contribution in [0.1, 0.15) is 24.5 Å². The first kappa shape index (κ1) is 12.9. The molecule has 1 nitrogen and oxygen atoms in total. The van der Waals surface area contributed by atoms with Gasteiger partial charge in [0.05, 0.1) is 16.3 Å². The fourth-order valence-corrected chi connectivity index (χ4v) is 1.37. The number of allylic oxidation sites excluding steroid dienone is 1. The molecule has 0 fully saturated rings. The van der Waals surface area contributed by atoms with Gasteiger partial charge in [-0.25, -0.2) is 0 Å². The molecule has 0 amide bonds. The highest BCUT2D eigenvalue weighted by Crippen LogP contribution is 2.35. The van der Waals surface area contributed by atoms with Crippen LogP contribution in [0.5, 0.6) is 0 Å². The molecular formula is C11H10ClF3O. The van der Waals surface area contributed by atoms with Crippen molar-refractivity contribution in [1.82, 2.24) is 0 Å². The highest BCUT2D eigenvalue weighted by atomic mass is 35.5. The second kappa shape index (κ2) is 4.78. The Kier molecular flexibility index (Phi) is 3.86. The number of rotatable bonds is 2. The average Bonchev–Trinajstić information content (AvgIpc) is 2.19. The lowest BCUT2D eigenvalue weighted by molar-refractivity contribution is -0.137. The molecule has 1 aromatic rings. The van der Waals surface area contributed by atoms with E-state index in [2.05, 4.69) is 0 Å². The quantitative estimate of drug-likeness (QED) is 0.757. The van der Waals surface area contributed by atoms with Gasteiger partial charge in [-0.15, -0.1) is 0 Å². The Morgan fingerprint density at radius 3 is 2.56 bits per heavy atom. The first-order valence-corrected chi connectivity index (χ1v) is 4.98. The Hall–Kier alpha value is -1.16. The molecule has 0 spiro atoms. The zero-order chi connectivity index (χ0) is 12.3. The van der Waals surface area contributed by atoms with Crippen molar-refractivity contribution >= 4 is 17.7 Å². The van der Waals surface area contributed by atoms with E-state index in [-0.39, 0.29) is 16.3 Å². The normalized spacial score (nSPS) is 12.9. The zero-order valence-electron chi connectivity index (χ0n) is 8.48. The third kappa shape index (κ3) is 3.17. The van der Waals surface area contributed by atoms with Gasteiger partial charge in [-0.3, -0.25) is 0 Å². The van der Waals surface area contributed by atoms with Crippen LogP contribution < -0.4 is 0 Å². The van der Waals surface area contributed by atoms with E-state index in [1.54, 1.807) is 6.92 Å². The minimum atomic E-state index is -4.48. The zero-order valence-corrected chi connectivity index (χ0v) is 9.23. The van der Waals surface area contributed by atoms with E-state index in [0.29, 0.717) is 6.42 Å². The molecule has 0 saturated heterocycles. The number of aliphatic hydroxyl groups excluding tert-OH is 1. The van der Waals surface area contributed by atoms with Crippen LogP contribution in [0.2, 0.25) is 5.02 Å². The summed E-state index contributed by atoms with van der Waals surface area (Å²) in [6, 6.07) is 3.50. The molecule has 0 saturated carbocycles. The second-order valence-electron chi connectivity index (χ2n) is 3.23. The summed E-state index contributed by atoms with van der Waals surface area (Å²) in [7, 11) is 0. The van der Waals surface area contributed by atoms with E-state index in [0.717, 1.165) is 6.07 Å². The number of hydrogen-bond acceptors (Lipinski definition) is 1. The van der Waals surface area contributed by atoms with E-state index in [1.807, 2.05) is 0 Å². The maximum Gasteiger partial charge on any atom is 0.417 e. The van der Waals surface area contributed by atoms with Crippen LogP contribution in [0.3, 0.4) is 0 Å². The van der Waals surface area contributed by atoms with E-state index in [1.165, 1.54) is 18.2 Å². The molecule has 1 rings (SSSR count). The molecule has 0 radical (unpaired) electrons. The van der Waals surface area contributed by atoms with Gasteiger partial charge in [0.2, 0.25) is 0 Å². The monoisotopic (exact) mass is 250 g/mol. The van der Waals surface area contributed by atoms with Crippen LogP contribution >= 0.6 is 11.6 Å². The molecule has 0 aliphatic carbocycles. The maximum atomic E-state index is 12.5. The fourth-order valence-electron chi connectivity index (χ4n) is 1.14. The number of halogens is 4. The van der Waals surface area contributed by atoms with E-state index in [9.17, 15) is 18.3 Å². The summed E-state index contributed by atoms with van der Waals surface area (Å²) < 4.78 is 37.4. The highest BCUT2D eigenvalue weighted by Gasteiger charge is 2.33. The number of hydrogen-bond donors (Lipinski definition) is 1. The molecular weight excluding hydrogens is 241 g/mol. The molecule has 0 heterocycles. The van der Waals surface area contributed by atoms with Crippen LogP contribution in [0.25, 0.3) is 6.08 Å². The minimum absolute atomic E-state index is 0.0236. The lowest BCUT2D eigenvalue weighted by atomic mass is 10.1. The first-order valence-electron chi connectivity index (χ1n) is 4.61. The van der Waals surface area contributed by atoms with E-state index >= 15 is 0 Å². The SMILES string of the molecule is CC/C(O)=C/c1ccc(Cl)c(C(F)(F)F)c1. The molecule has 0 aliphatic rings. The summed E-state index contributed by atoms with van der Waals surface area (Å²) in [6.07, 6.45) is -2.84. The van der Waals surface area contributed by atoms with Gasteiger partial charge in [-0.05, 0) is 23.8 Å². The van der Waals surface area contributed by atoms with Crippen LogP contribution in [0.4, 0.5) is 13.2 Å². The molecule has 5 heteroatoms. The summed E-state index contributed by atoms with van der Waals surface area (Å²) in [5.41, 5.74) is -0.622. The Morgan fingerprint density at radius 1 is 1.44 bits per heavy atom. The largest absolute Gasteiger partial charge is 0.512 e. The fraction of sp³-hybridized carbons (Fsp3) is 0.273. The van der Waals surface area contributed by atoms with Crippen molar-refractivity contribution in [1.29, 1.82) is 0 Å². The Bertz CT molecular complexity index is 410. The van der Waals surface area contributed by atoms with Crippen molar-refractivity contribution < 1.29 is 18.3 Å². The van der Waals surface area contributed by atoms with Crippen molar-refractivity contribution in [2.24, 2.45) is 0 Å². The van der Waals surface area contributed by atoms with Crippen LogP contribution in [-0.4, -0.2) is 5.11 Å². The van der Waals surface area contributed by atoms with Gasteiger partial charge in [0.15, 0.2) is 0 Å². The third-order valence-electron chi connectivity index (χ3n) is 1.99. The van der Waals surface area contributed by atoms with Crippen LogP contribution in [0.15, 0.2) is 24.0 Å². The molecule has 88 valence electrons. The maximum absolute atomic E-state index is 12.5. The molecule has 0 bridgehead atoms. The van der Waals surface area contributed by atoms with Gasteiger partial charge < -0.3 is 5.11 Å². The van der Waals surface area contributed by atoms with Gasteiger partial charge in [-0.2, -0.15) is 13.2 Å². The summed E-state index contributed by atoms with van der Waals surface area (Å²) in [5.74, 6) is 0.0236. The molecule has 0 aliphatic heterocycles. The first-order chi connectivity index (χ1) is 7.34. The molecule has 1 N–H and O–H groups in total. The van der Waals surface area contributed by atoms with Gasteiger partial charge in [0.25, 0.3) is 0 Å². The Balaban J connectivity index is 3.18. The van der Waals surface area contributed by atoms with Gasteiger partial charge >= 0.3 is 6.18 Å². The predicted molar refractivity (Wildman–Crippen MR) is 57.4 cm³/mol. The van der Waals surface area contributed by atoms with Crippen molar-refractivity contribution in [3.63, 3.8) is 0 Å². The molecule has 0 aromatic heterocycles.